The standard InChI is InChI=1S/2C18H15S.C17H16F4O4S.C13H20O4S/c2*1-4-10-16(11-5-1)19(17-12-6-2-7-13-17)18-14-8-3-9-15-18;1-3-9(2)11-6-4-10(5-7-11)8-25-16-12(18)14(20)17(26(22,23)24)15(21)13(16)19;1-3-11(2)12-5-7-13(8-6-12)17-9-4-10-18(14,15)16/h2*1-15H;4-7,9H,3,8H2,1-2H3,(H,22,23,24);5-8,11H,3-4,9-10H2,1-2H3,(H,14,15,16)/q2*+1;;/p-2. The van der Waals surface area contributed by atoms with Crippen molar-refractivity contribution in [3.8, 4) is 11.5 Å². The van der Waals surface area contributed by atoms with Gasteiger partial charge in [-0.2, -0.15) is 8.78 Å². The summed E-state index contributed by atoms with van der Waals surface area (Å²) in [6.45, 7) is 8.16. The van der Waals surface area contributed by atoms with Crippen LogP contribution in [0.1, 0.15) is 75.5 Å². The van der Waals surface area contributed by atoms with Crippen molar-refractivity contribution in [3.63, 3.8) is 0 Å². The molecular weight excluding hydrogens is 1120 g/mol. The summed E-state index contributed by atoms with van der Waals surface area (Å²) in [5.74, 6) is -9.10. The van der Waals surface area contributed by atoms with Gasteiger partial charge in [-0.1, -0.05) is 173 Å². The van der Waals surface area contributed by atoms with Gasteiger partial charge in [-0.15, -0.1) is 0 Å². The molecule has 2 unspecified atom stereocenters. The van der Waals surface area contributed by atoms with Crippen molar-refractivity contribution >= 4 is 42.0 Å². The molecule has 0 saturated carbocycles. The predicted molar refractivity (Wildman–Crippen MR) is 317 cm³/mol. The van der Waals surface area contributed by atoms with Crippen molar-refractivity contribution in [3.05, 3.63) is 270 Å². The first-order valence-electron chi connectivity index (χ1n) is 26.4. The number of hydrogen-bond acceptors (Lipinski definition) is 8. The highest BCUT2D eigenvalue weighted by Gasteiger charge is 2.31. The lowest BCUT2D eigenvalue weighted by Crippen LogP contribution is -2.12. The molecular formula is C66H64F4O8S4. The summed E-state index contributed by atoms with van der Waals surface area (Å²) in [4.78, 5) is 5.96. The van der Waals surface area contributed by atoms with Crippen molar-refractivity contribution in [1.29, 1.82) is 0 Å². The van der Waals surface area contributed by atoms with Crippen LogP contribution in [0.25, 0.3) is 0 Å². The molecule has 8 nitrogen and oxygen atoms in total. The van der Waals surface area contributed by atoms with Gasteiger partial charge in [-0.05, 0) is 133 Å². The summed E-state index contributed by atoms with van der Waals surface area (Å²) in [6.07, 6.45) is 2.22. The molecule has 0 spiro atoms. The number of benzene rings is 9. The van der Waals surface area contributed by atoms with Gasteiger partial charge in [-0.25, -0.2) is 25.6 Å². The molecule has 9 aromatic carbocycles. The average Bonchev–Trinajstić information content (AvgIpc) is 3.62. The topological polar surface area (TPSA) is 133 Å². The third kappa shape index (κ3) is 19.2. The molecule has 16 heteroatoms. The van der Waals surface area contributed by atoms with Gasteiger partial charge < -0.3 is 18.6 Å². The summed E-state index contributed by atoms with van der Waals surface area (Å²) in [7, 11) is -9.90. The molecule has 9 aromatic rings. The summed E-state index contributed by atoms with van der Waals surface area (Å²) < 4.78 is 129. The highest BCUT2D eigenvalue weighted by Crippen LogP contribution is 2.35. The van der Waals surface area contributed by atoms with Crippen LogP contribution in [0.4, 0.5) is 17.6 Å². The van der Waals surface area contributed by atoms with Crippen LogP contribution in [-0.2, 0) is 48.6 Å². The largest absolute Gasteiger partial charge is 0.748 e. The van der Waals surface area contributed by atoms with Gasteiger partial charge in [0.2, 0.25) is 11.6 Å². The van der Waals surface area contributed by atoms with E-state index in [0.29, 0.717) is 23.1 Å². The smallest absolute Gasteiger partial charge is 0.205 e. The van der Waals surface area contributed by atoms with E-state index in [1.165, 1.54) is 34.9 Å². The Morgan fingerprint density at radius 2 is 0.732 bits per heavy atom. The SMILES string of the molecule is CCC(C)c1ccc(COc2c(F)c(F)c(S(=O)(=O)[O-])c(F)c2F)cc1.CCC(C)c1ccc(OCCCS(=O)(=O)[O-])cc1.c1ccc([S+](c2ccccc2)c2ccccc2)cc1.c1ccc([S+](c2ccccc2)c2ccccc2)cc1. The maximum absolute atomic E-state index is 13.8. The fourth-order valence-corrected chi connectivity index (χ4v) is 13.3. The zero-order valence-electron chi connectivity index (χ0n) is 45.7. The van der Waals surface area contributed by atoms with E-state index in [1.54, 1.807) is 24.3 Å². The fourth-order valence-electron chi connectivity index (χ4n) is 7.98. The van der Waals surface area contributed by atoms with Gasteiger partial charge in [0, 0.05) is 5.75 Å². The number of hydrogen-bond donors (Lipinski definition) is 0. The second-order valence-electron chi connectivity index (χ2n) is 18.5. The van der Waals surface area contributed by atoms with E-state index in [2.05, 4.69) is 196 Å². The molecule has 0 aliphatic carbocycles. The summed E-state index contributed by atoms with van der Waals surface area (Å²) in [5.41, 5.74) is 2.76. The van der Waals surface area contributed by atoms with Gasteiger partial charge in [0.25, 0.3) is 0 Å². The maximum atomic E-state index is 13.8. The van der Waals surface area contributed by atoms with E-state index in [9.17, 15) is 43.5 Å². The van der Waals surface area contributed by atoms with Gasteiger partial charge in [0.15, 0.2) is 46.8 Å². The van der Waals surface area contributed by atoms with Crippen LogP contribution in [0.5, 0.6) is 11.5 Å². The molecule has 0 saturated heterocycles. The van der Waals surface area contributed by atoms with E-state index < -0.39 is 60.8 Å². The van der Waals surface area contributed by atoms with Gasteiger partial charge in [-0.3, -0.25) is 0 Å². The second-order valence-corrected chi connectivity index (χ2v) is 25.4. The number of ether oxygens (including phenoxy) is 2. The molecule has 0 fully saturated rings. The Kier molecular flexibility index (Phi) is 24.9. The molecule has 0 aromatic heterocycles. The maximum Gasteiger partial charge on any atom is 0.205 e. The third-order valence-corrected chi connectivity index (χ3v) is 18.8. The van der Waals surface area contributed by atoms with Crippen molar-refractivity contribution in [1.82, 2.24) is 0 Å². The van der Waals surface area contributed by atoms with Crippen molar-refractivity contribution in [2.45, 2.75) is 99.7 Å². The number of halogens is 4. The van der Waals surface area contributed by atoms with Gasteiger partial charge in [0.05, 0.1) is 38.5 Å². The van der Waals surface area contributed by atoms with Crippen LogP contribution < -0.4 is 9.47 Å². The minimum absolute atomic E-state index is 0.0146. The fraction of sp³-hybridized carbons (Fsp3) is 0.182. The lowest BCUT2D eigenvalue weighted by molar-refractivity contribution is 0.256. The summed E-state index contributed by atoms with van der Waals surface area (Å²) in [5, 5.41) is 0. The molecule has 0 amide bonds. The zero-order valence-corrected chi connectivity index (χ0v) is 49.0. The van der Waals surface area contributed by atoms with E-state index in [-0.39, 0.29) is 40.6 Å². The lowest BCUT2D eigenvalue weighted by atomic mass is 9.98. The van der Waals surface area contributed by atoms with Gasteiger partial charge in [0.1, 0.15) is 27.4 Å². The predicted octanol–water partition coefficient (Wildman–Crippen LogP) is 16.3. The minimum atomic E-state index is -5.74. The quantitative estimate of drug-likeness (QED) is 0.0257. The summed E-state index contributed by atoms with van der Waals surface area (Å²) in [6, 6.07) is 78.9. The van der Waals surface area contributed by atoms with Gasteiger partial charge >= 0.3 is 0 Å². The summed E-state index contributed by atoms with van der Waals surface area (Å²) >= 11 is 0. The van der Waals surface area contributed by atoms with Crippen LogP contribution in [-0.4, -0.2) is 38.3 Å². The van der Waals surface area contributed by atoms with E-state index in [4.69, 9.17) is 9.47 Å². The minimum Gasteiger partial charge on any atom is -0.748 e. The monoisotopic (exact) mass is 1190 g/mol. The number of rotatable bonds is 19. The van der Waals surface area contributed by atoms with E-state index >= 15 is 0 Å². The van der Waals surface area contributed by atoms with Crippen LogP contribution in [0.15, 0.2) is 265 Å². The van der Waals surface area contributed by atoms with Crippen molar-refractivity contribution in [2.75, 3.05) is 12.4 Å². The Bertz CT molecular complexity index is 3220. The van der Waals surface area contributed by atoms with Crippen LogP contribution >= 0.6 is 0 Å². The third-order valence-electron chi connectivity index (χ3n) is 12.7. The first-order valence-corrected chi connectivity index (χ1v) is 31.8. The normalized spacial score (nSPS) is 11.9. The zero-order chi connectivity index (χ0) is 59.1. The Morgan fingerprint density at radius 1 is 0.427 bits per heavy atom. The van der Waals surface area contributed by atoms with Crippen LogP contribution in [0.3, 0.4) is 0 Å². The molecule has 0 heterocycles. The Balaban J connectivity index is 0.000000178. The molecule has 428 valence electrons. The van der Waals surface area contributed by atoms with Crippen LogP contribution in [0.2, 0.25) is 0 Å². The van der Waals surface area contributed by atoms with E-state index in [0.717, 1.165) is 18.4 Å². The molecule has 0 bridgehead atoms. The van der Waals surface area contributed by atoms with Crippen molar-refractivity contribution < 1.29 is 53.0 Å². The molecule has 0 aliphatic rings. The molecule has 82 heavy (non-hydrogen) atoms. The first-order chi connectivity index (χ1) is 39.4. The Labute approximate surface area is 486 Å². The second kappa shape index (κ2) is 31.9. The first kappa shape index (κ1) is 64.0. The highest BCUT2D eigenvalue weighted by atomic mass is 32.2. The Hall–Kier alpha value is -7.18. The van der Waals surface area contributed by atoms with E-state index in [1.807, 2.05) is 38.1 Å². The molecule has 0 aliphatic heterocycles. The molecule has 0 N–H and O–H groups in total. The lowest BCUT2D eigenvalue weighted by Gasteiger charge is -2.15. The highest BCUT2D eigenvalue weighted by molar-refractivity contribution is 7.97. The average molecular weight is 1190 g/mol. The van der Waals surface area contributed by atoms with Crippen molar-refractivity contribution in [2.24, 2.45) is 0 Å². The molecule has 0 radical (unpaired) electrons. The van der Waals surface area contributed by atoms with Crippen LogP contribution in [0, 0.1) is 23.3 Å². The molecule has 9 rings (SSSR count). The molecule has 2 atom stereocenters. The Morgan fingerprint density at radius 3 is 1.01 bits per heavy atom.